The van der Waals surface area contributed by atoms with Crippen LogP contribution in [-0.4, -0.2) is 3.21 Å². The first-order chi connectivity index (χ1) is 10.8. The molecule has 0 unspecified atom stereocenters. The van der Waals surface area contributed by atoms with Gasteiger partial charge in [0, 0.05) is 0 Å². The van der Waals surface area contributed by atoms with E-state index in [9.17, 15) is 0 Å². The Morgan fingerprint density at radius 1 is 0.917 bits per heavy atom. The maximum absolute atomic E-state index is 2.42. The maximum Gasteiger partial charge on any atom is -1.00 e. The van der Waals surface area contributed by atoms with E-state index in [4.69, 9.17) is 0 Å². The molecule has 0 bridgehead atoms. The molecule has 0 nitrogen and oxygen atoms in total. The molecule has 0 radical (unpaired) electrons. The van der Waals surface area contributed by atoms with Crippen LogP contribution in [0.3, 0.4) is 0 Å². The summed E-state index contributed by atoms with van der Waals surface area (Å²) in [5.74, 6) is 0. The Morgan fingerprint density at radius 3 is 2.38 bits per heavy atom. The van der Waals surface area contributed by atoms with Crippen molar-refractivity contribution in [2.24, 2.45) is 0 Å². The first kappa shape index (κ1) is 20.4. The minimum Gasteiger partial charge on any atom is -1.00 e. The summed E-state index contributed by atoms with van der Waals surface area (Å²) in [5.41, 5.74) is 6.06. The van der Waals surface area contributed by atoms with E-state index in [1.165, 1.54) is 23.1 Å². The van der Waals surface area contributed by atoms with Crippen molar-refractivity contribution in [3.63, 3.8) is 0 Å². The molecule has 0 aliphatic heterocycles. The first-order valence-corrected chi connectivity index (χ1v) is 11.7. The Hall–Kier alpha value is 0.133. The SMILES string of the molecule is C[C](C)=[Zr+2]([C]1=CC=CC1)[c]1cccc2c1Cc1ccccc1-2.[I-].[I-]. The number of allylic oxidation sites excluding steroid dienone is 4. The molecule has 0 aromatic heterocycles. The van der Waals surface area contributed by atoms with Gasteiger partial charge in [-0.3, -0.25) is 0 Å². The van der Waals surface area contributed by atoms with Crippen molar-refractivity contribution in [2.75, 3.05) is 0 Å². The second-order valence-electron chi connectivity index (χ2n) is 6.36. The summed E-state index contributed by atoms with van der Waals surface area (Å²) in [5, 5.41) is 0. The molecule has 3 heteroatoms. The van der Waals surface area contributed by atoms with Gasteiger partial charge in [0.05, 0.1) is 0 Å². The number of hydrogen-bond donors (Lipinski definition) is 0. The molecule has 0 spiro atoms. The van der Waals surface area contributed by atoms with Crippen molar-refractivity contribution < 1.29 is 69.2 Å². The van der Waals surface area contributed by atoms with Gasteiger partial charge in [-0.1, -0.05) is 0 Å². The molecule has 2 aliphatic carbocycles. The fourth-order valence-electron chi connectivity index (χ4n) is 3.79. The average molecular weight is 617 g/mol. The number of fused-ring (bicyclic) bond motifs is 3. The van der Waals surface area contributed by atoms with Crippen LogP contribution in [0.25, 0.3) is 11.1 Å². The molecule has 0 saturated heterocycles. The Morgan fingerprint density at radius 2 is 1.67 bits per heavy atom. The standard InChI is InChI=1S/C13H9.C5H5.C3H6.2HI.Zr/c1-3-7-12-10(5-1)9-11-6-2-4-8-13(11)12;1-2-4-5-3-1;1-3-2;;;/h1-5,7-8H,9H2;1-3H,4H2;1-2H3;2*1H;/q;;;;;+2/p-2. The average Bonchev–Trinajstić information content (AvgIpc) is 3.15. The van der Waals surface area contributed by atoms with Gasteiger partial charge in [0.1, 0.15) is 0 Å². The summed E-state index contributed by atoms with van der Waals surface area (Å²) in [6.45, 7) is 4.71. The van der Waals surface area contributed by atoms with Crippen molar-refractivity contribution in [1.29, 1.82) is 0 Å². The maximum atomic E-state index is 2.42. The number of rotatable bonds is 2. The molecule has 2 aromatic carbocycles. The second-order valence-corrected chi connectivity index (χ2v) is 13.6. The van der Waals surface area contributed by atoms with Gasteiger partial charge in [-0.2, -0.15) is 0 Å². The van der Waals surface area contributed by atoms with Crippen LogP contribution in [0.5, 0.6) is 0 Å². The zero-order valence-corrected chi connectivity index (χ0v) is 20.7. The van der Waals surface area contributed by atoms with E-state index >= 15 is 0 Å². The van der Waals surface area contributed by atoms with Crippen molar-refractivity contribution in [3.05, 3.63) is 75.1 Å². The largest absolute Gasteiger partial charge is 1.00 e. The summed E-state index contributed by atoms with van der Waals surface area (Å²) < 4.78 is 5.11. The van der Waals surface area contributed by atoms with Crippen LogP contribution in [0.1, 0.15) is 31.4 Å². The molecular formula is C21H20I2Zr. The molecular weight excluding hydrogens is 597 g/mol. The topological polar surface area (TPSA) is 0 Å². The molecule has 0 amide bonds. The molecule has 0 fully saturated rings. The zero-order valence-electron chi connectivity index (χ0n) is 13.9. The third kappa shape index (κ3) is 3.64. The summed E-state index contributed by atoms with van der Waals surface area (Å²) >= 11 is -1.86. The van der Waals surface area contributed by atoms with E-state index in [1.807, 2.05) is 0 Å². The van der Waals surface area contributed by atoms with Crippen LogP contribution in [0, 0.1) is 0 Å². The minimum atomic E-state index is -1.86. The van der Waals surface area contributed by atoms with Gasteiger partial charge in [-0.05, 0) is 0 Å². The number of benzene rings is 2. The third-order valence-corrected chi connectivity index (χ3v) is 12.1. The Kier molecular flexibility index (Phi) is 7.39. The van der Waals surface area contributed by atoms with Gasteiger partial charge in [-0.15, -0.1) is 0 Å². The Bertz CT molecular complexity index is 856. The second kappa shape index (κ2) is 8.68. The number of halogens is 2. The molecule has 2 aromatic rings. The molecule has 2 aliphatic rings. The molecule has 0 N–H and O–H groups in total. The summed E-state index contributed by atoms with van der Waals surface area (Å²) in [7, 11) is 0. The van der Waals surface area contributed by atoms with Crippen LogP contribution < -0.4 is 51.2 Å². The predicted octanol–water partition coefficient (Wildman–Crippen LogP) is -1.43. The molecule has 4 rings (SSSR count). The fraction of sp³-hybridized carbons (Fsp3) is 0.190. The van der Waals surface area contributed by atoms with Crippen molar-refractivity contribution in [2.45, 2.75) is 26.7 Å². The van der Waals surface area contributed by atoms with Gasteiger partial charge in [0.2, 0.25) is 0 Å². The van der Waals surface area contributed by atoms with Crippen LogP contribution in [0.2, 0.25) is 0 Å². The van der Waals surface area contributed by atoms with Crippen molar-refractivity contribution >= 4 is 6.48 Å². The summed E-state index contributed by atoms with van der Waals surface area (Å²) in [4.78, 5) is 0. The third-order valence-electron chi connectivity index (χ3n) is 4.71. The quantitative estimate of drug-likeness (QED) is 0.310. The van der Waals surface area contributed by atoms with E-state index in [1.54, 1.807) is 15.3 Å². The number of hydrogen-bond acceptors (Lipinski definition) is 0. The minimum absolute atomic E-state index is 0. The fourth-order valence-corrected chi connectivity index (χ4v) is 10.9. The van der Waals surface area contributed by atoms with Crippen LogP contribution in [-0.2, 0) is 27.7 Å². The molecule has 0 atom stereocenters. The Balaban J connectivity index is 0.00000104. The van der Waals surface area contributed by atoms with Gasteiger partial charge in [0.15, 0.2) is 0 Å². The zero-order chi connectivity index (χ0) is 15.1. The summed E-state index contributed by atoms with van der Waals surface area (Å²) in [6, 6.07) is 15.9. The molecule has 24 heavy (non-hydrogen) atoms. The first-order valence-electron chi connectivity index (χ1n) is 8.00. The molecule has 0 heterocycles. The van der Waals surface area contributed by atoms with Gasteiger partial charge in [-0.25, -0.2) is 0 Å². The van der Waals surface area contributed by atoms with E-state index in [-0.39, 0.29) is 48.0 Å². The normalized spacial score (nSPS) is 13.0. The van der Waals surface area contributed by atoms with Crippen molar-refractivity contribution in [3.8, 4) is 11.1 Å². The van der Waals surface area contributed by atoms with E-state index in [0.717, 1.165) is 6.42 Å². The van der Waals surface area contributed by atoms with Gasteiger partial charge >= 0.3 is 141 Å². The van der Waals surface area contributed by atoms with Crippen LogP contribution >= 0.6 is 0 Å². The summed E-state index contributed by atoms with van der Waals surface area (Å²) in [6.07, 6.45) is 9.26. The molecule has 122 valence electrons. The van der Waals surface area contributed by atoms with E-state index in [0.29, 0.717) is 0 Å². The Labute approximate surface area is 186 Å². The van der Waals surface area contributed by atoms with Crippen LogP contribution in [0.15, 0.2) is 64.0 Å². The molecule has 0 saturated carbocycles. The monoisotopic (exact) mass is 616 g/mol. The van der Waals surface area contributed by atoms with Crippen LogP contribution in [0.4, 0.5) is 0 Å². The predicted molar refractivity (Wildman–Crippen MR) is 92.5 cm³/mol. The van der Waals surface area contributed by atoms with Gasteiger partial charge in [0.25, 0.3) is 0 Å². The van der Waals surface area contributed by atoms with Crippen molar-refractivity contribution in [1.82, 2.24) is 0 Å². The van der Waals surface area contributed by atoms with Gasteiger partial charge < -0.3 is 48.0 Å². The smallest absolute Gasteiger partial charge is 1.00 e. The van der Waals surface area contributed by atoms with E-state index < -0.39 is 21.3 Å². The van der Waals surface area contributed by atoms with E-state index in [2.05, 4.69) is 74.5 Å².